The number of thiocarbonyl (C=S) groups is 1. The van der Waals surface area contributed by atoms with Crippen molar-refractivity contribution in [3.63, 3.8) is 0 Å². The Morgan fingerprint density at radius 3 is 2.36 bits per heavy atom. The van der Waals surface area contributed by atoms with Crippen LogP contribution in [0.25, 0.3) is 6.08 Å². The van der Waals surface area contributed by atoms with Crippen LogP contribution in [0, 0.1) is 0 Å². The number of nitrogens with zero attached hydrogens (tertiary/aromatic N) is 1. The summed E-state index contributed by atoms with van der Waals surface area (Å²) in [5.41, 5.74) is 0.963. The number of amides is 2. The molecule has 1 aliphatic rings. The fourth-order valence-electron chi connectivity index (χ4n) is 3.05. The monoisotopic (exact) mass is 488 g/mol. The summed E-state index contributed by atoms with van der Waals surface area (Å²) in [5, 5.41) is 11.7. The summed E-state index contributed by atoms with van der Waals surface area (Å²) in [4.78, 5) is 37.9. The predicted octanol–water partition coefficient (Wildman–Crippen LogP) is 3.25. The summed E-state index contributed by atoms with van der Waals surface area (Å²) in [6, 6.07) is 9.19. The molecule has 0 bridgehead atoms. The minimum absolute atomic E-state index is 0.0340. The standard InChI is InChI=1S/C22H20N2O7S2/c1-29-15-7-12(8-16(30-2)19(15)31-3)9-17-20(26)24(22(32)33-17)11-18(25)23-14-6-4-5-13(10-14)21(27)28/h4-10H,11H2,1-3H3,(H,23,25)(H,27,28). The molecule has 3 rings (SSSR count). The van der Waals surface area contributed by atoms with Crippen molar-refractivity contribution in [2.45, 2.75) is 0 Å². The van der Waals surface area contributed by atoms with E-state index in [1.165, 1.54) is 44.4 Å². The van der Waals surface area contributed by atoms with E-state index in [0.29, 0.717) is 33.4 Å². The van der Waals surface area contributed by atoms with Gasteiger partial charge in [0.1, 0.15) is 10.9 Å². The Balaban J connectivity index is 1.77. The van der Waals surface area contributed by atoms with Crippen molar-refractivity contribution in [3.05, 3.63) is 52.4 Å². The lowest BCUT2D eigenvalue weighted by Crippen LogP contribution is -2.36. The molecule has 9 nitrogen and oxygen atoms in total. The molecule has 0 aliphatic carbocycles. The van der Waals surface area contributed by atoms with Crippen molar-refractivity contribution < 1.29 is 33.7 Å². The zero-order valence-electron chi connectivity index (χ0n) is 17.9. The van der Waals surface area contributed by atoms with Gasteiger partial charge in [0.15, 0.2) is 11.5 Å². The van der Waals surface area contributed by atoms with Gasteiger partial charge in [-0.1, -0.05) is 30.0 Å². The third-order valence-corrected chi connectivity index (χ3v) is 5.93. The maximum atomic E-state index is 12.9. The number of hydrogen-bond donors (Lipinski definition) is 2. The molecule has 2 N–H and O–H groups in total. The van der Waals surface area contributed by atoms with Crippen molar-refractivity contribution in [2.75, 3.05) is 33.2 Å². The summed E-state index contributed by atoms with van der Waals surface area (Å²) in [5.74, 6) is -0.757. The van der Waals surface area contributed by atoms with Crippen LogP contribution in [0.3, 0.4) is 0 Å². The number of anilines is 1. The molecule has 11 heteroatoms. The van der Waals surface area contributed by atoms with E-state index >= 15 is 0 Å². The first-order valence-corrected chi connectivity index (χ1v) is 10.7. The summed E-state index contributed by atoms with van der Waals surface area (Å²) in [7, 11) is 4.48. The van der Waals surface area contributed by atoms with E-state index in [9.17, 15) is 14.4 Å². The maximum absolute atomic E-state index is 12.9. The van der Waals surface area contributed by atoms with Crippen LogP contribution in [0.1, 0.15) is 15.9 Å². The zero-order valence-corrected chi connectivity index (χ0v) is 19.5. The molecule has 33 heavy (non-hydrogen) atoms. The molecule has 1 fully saturated rings. The lowest BCUT2D eigenvalue weighted by Gasteiger charge is -2.14. The normalized spacial score (nSPS) is 14.4. The molecule has 0 radical (unpaired) electrons. The van der Waals surface area contributed by atoms with Crippen LogP contribution in [-0.2, 0) is 9.59 Å². The minimum atomic E-state index is -1.11. The van der Waals surface area contributed by atoms with Crippen LogP contribution in [0.4, 0.5) is 5.69 Å². The van der Waals surface area contributed by atoms with Crippen molar-refractivity contribution in [1.29, 1.82) is 0 Å². The molecule has 0 saturated carbocycles. The number of carbonyl (C=O) groups excluding carboxylic acids is 2. The topological polar surface area (TPSA) is 114 Å². The van der Waals surface area contributed by atoms with Crippen LogP contribution >= 0.6 is 24.0 Å². The van der Waals surface area contributed by atoms with E-state index in [1.54, 1.807) is 24.3 Å². The van der Waals surface area contributed by atoms with E-state index in [0.717, 1.165) is 11.8 Å². The molecule has 172 valence electrons. The van der Waals surface area contributed by atoms with Gasteiger partial charge in [-0.2, -0.15) is 0 Å². The Morgan fingerprint density at radius 2 is 1.79 bits per heavy atom. The molecule has 1 aliphatic heterocycles. The Labute approximate surface area is 199 Å². The molecule has 1 saturated heterocycles. The van der Waals surface area contributed by atoms with Crippen molar-refractivity contribution in [3.8, 4) is 17.2 Å². The van der Waals surface area contributed by atoms with Crippen molar-refractivity contribution in [1.82, 2.24) is 4.90 Å². The van der Waals surface area contributed by atoms with Gasteiger partial charge in [-0.05, 0) is 42.0 Å². The average molecular weight is 489 g/mol. The van der Waals surface area contributed by atoms with E-state index in [-0.39, 0.29) is 16.4 Å². The van der Waals surface area contributed by atoms with E-state index < -0.39 is 17.8 Å². The molecule has 1 heterocycles. The maximum Gasteiger partial charge on any atom is 0.335 e. The van der Waals surface area contributed by atoms with E-state index in [2.05, 4.69) is 5.32 Å². The Morgan fingerprint density at radius 1 is 1.12 bits per heavy atom. The second-order valence-electron chi connectivity index (χ2n) is 6.66. The van der Waals surface area contributed by atoms with Crippen LogP contribution in [0.15, 0.2) is 41.3 Å². The van der Waals surface area contributed by atoms with Gasteiger partial charge in [-0.25, -0.2) is 4.79 Å². The predicted molar refractivity (Wildman–Crippen MR) is 128 cm³/mol. The Bertz CT molecular complexity index is 1140. The van der Waals surface area contributed by atoms with Gasteiger partial charge < -0.3 is 24.6 Å². The van der Waals surface area contributed by atoms with Gasteiger partial charge in [0.2, 0.25) is 11.7 Å². The van der Waals surface area contributed by atoms with Crippen molar-refractivity contribution >= 4 is 57.8 Å². The lowest BCUT2D eigenvalue weighted by molar-refractivity contribution is -0.126. The van der Waals surface area contributed by atoms with Crippen molar-refractivity contribution in [2.24, 2.45) is 0 Å². The SMILES string of the molecule is COc1cc(C=C2SC(=S)N(CC(=O)Nc3cccc(C(=O)O)c3)C2=O)cc(OC)c1OC. The molecule has 0 unspecified atom stereocenters. The number of carbonyl (C=O) groups is 3. The number of carboxylic acid groups (broad SMARTS) is 1. The number of methoxy groups -OCH3 is 3. The number of ether oxygens (including phenoxy) is 3. The molecule has 2 amide bonds. The van der Waals surface area contributed by atoms with E-state index in [1.807, 2.05) is 0 Å². The third-order valence-electron chi connectivity index (χ3n) is 4.55. The van der Waals surface area contributed by atoms with Gasteiger partial charge in [-0.3, -0.25) is 14.5 Å². The third kappa shape index (κ3) is 5.44. The fraction of sp³-hybridized carbons (Fsp3) is 0.182. The molecule has 0 spiro atoms. The highest BCUT2D eigenvalue weighted by molar-refractivity contribution is 8.26. The molecule has 2 aromatic carbocycles. The fourth-order valence-corrected chi connectivity index (χ4v) is 4.30. The molecular formula is C22H20N2O7S2. The van der Waals surface area contributed by atoms with Gasteiger partial charge in [0, 0.05) is 5.69 Å². The average Bonchev–Trinajstić information content (AvgIpc) is 3.05. The Hall–Kier alpha value is -3.57. The number of benzene rings is 2. The second kappa shape index (κ2) is 10.4. The summed E-state index contributed by atoms with van der Waals surface area (Å²) < 4.78 is 16.2. The molecule has 0 aromatic heterocycles. The van der Waals surface area contributed by atoms with Crippen LogP contribution < -0.4 is 19.5 Å². The molecule has 2 aromatic rings. The van der Waals surface area contributed by atoms with Crippen LogP contribution in [-0.4, -0.2) is 60.0 Å². The zero-order chi connectivity index (χ0) is 24.1. The molecular weight excluding hydrogens is 468 g/mol. The number of carboxylic acids is 1. The number of nitrogens with one attached hydrogen (secondary N) is 1. The Kier molecular flexibility index (Phi) is 7.56. The smallest absolute Gasteiger partial charge is 0.335 e. The van der Waals surface area contributed by atoms with E-state index in [4.69, 9.17) is 31.5 Å². The lowest BCUT2D eigenvalue weighted by atomic mass is 10.1. The number of hydrogen-bond acceptors (Lipinski definition) is 8. The van der Waals surface area contributed by atoms with Crippen LogP contribution in [0.5, 0.6) is 17.2 Å². The first-order valence-electron chi connectivity index (χ1n) is 9.46. The summed E-state index contributed by atoms with van der Waals surface area (Å²) in [6.45, 7) is -0.311. The van der Waals surface area contributed by atoms with Gasteiger partial charge in [0.25, 0.3) is 5.91 Å². The van der Waals surface area contributed by atoms with Gasteiger partial charge >= 0.3 is 5.97 Å². The second-order valence-corrected chi connectivity index (χ2v) is 8.34. The van der Waals surface area contributed by atoms with Gasteiger partial charge in [-0.15, -0.1) is 0 Å². The largest absolute Gasteiger partial charge is 0.493 e. The first-order chi connectivity index (χ1) is 15.8. The molecule has 0 atom stereocenters. The highest BCUT2D eigenvalue weighted by Crippen LogP contribution is 2.40. The van der Waals surface area contributed by atoms with Crippen LogP contribution in [0.2, 0.25) is 0 Å². The summed E-state index contributed by atoms with van der Waals surface area (Å²) >= 11 is 6.35. The van der Waals surface area contributed by atoms with Gasteiger partial charge in [0.05, 0.1) is 31.8 Å². The quantitative estimate of drug-likeness (QED) is 0.427. The highest BCUT2D eigenvalue weighted by Gasteiger charge is 2.33. The number of rotatable bonds is 8. The number of aromatic carboxylic acids is 1. The first kappa shape index (κ1) is 24.1. The summed E-state index contributed by atoms with van der Waals surface area (Å²) in [6.07, 6.45) is 1.62. The highest BCUT2D eigenvalue weighted by atomic mass is 32.2. The number of thioether (sulfide) groups is 1. The minimum Gasteiger partial charge on any atom is -0.493 e.